The van der Waals surface area contributed by atoms with Crippen LogP contribution in [0, 0.1) is 11.8 Å². The molecule has 2 fully saturated rings. The molecule has 1 saturated carbocycles. The van der Waals surface area contributed by atoms with E-state index in [0.717, 1.165) is 11.8 Å². The topological polar surface area (TPSA) is 15.3 Å². The van der Waals surface area contributed by atoms with E-state index in [-0.39, 0.29) is 0 Å². The SMILES string of the molecule is CCCN1CCCC(C(C)NC(C)CC2CC2)C1. The highest BCUT2D eigenvalue weighted by Gasteiger charge is 2.27. The number of piperidine rings is 1. The average molecular weight is 252 g/mol. The molecule has 1 N–H and O–H groups in total. The van der Waals surface area contributed by atoms with Crippen molar-refractivity contribution in [2.24, 2.45) is 11.8 Å². The minimum absolute atomic E-state index is 0.693. The average Bonchev–Trinajstić information content (AvgIpc) is 3.13. The van der Waals surface area contributed by atoms with Crippen LogP contribution in [0.25, 0.3) is 0 Å². The highest BCUT2D eigenvalue weighted by Crippen LogP contribution is 2.33. The molecule has 0 aromatic heterocycles. The van der Waals surface area contributed by atoms with E-state index in [1.165, 1.54) is 58.2 Å². The third-order valence-electron chi connectivity index (χ3n) is 4.72. The molecule has 1 aliphatic heterocycles. The van der Waals surface area contributed by atoms with Crippen molar-refractivity contribution in [3.05, 3.63) is 0 Å². The van der Waals surface area contributed by atoms with Crippen molar-refractivity contribution >= 4 is 0 Å². The first-order valence-corrected chi connectivity index (χ1v) is 8.17. The number of hydrogen-bond acceptors (Lipinski definition) is 2. The van der Waals surface area contributed by atoms with Gasteiger partial charge in [-0.1, -0.05) is 19.8 Å². The van der Waals surface area contributed by atoms with Crippen LogP contribution in [0.5, 0.6) is 0 Å². The van der Waals surface area contributed by atoms with Gasteiger partial charge >= 0.3 is 0 Å². The molecule has 0 aromatic rings. The van der Waals surface area contributed by atoms with E-state index in [0.29, 0.717) is 12.1 Å². The largest absolute Gasteiger partial charge is 0.311 e. The van der Waals surface area contributed by atoms with Gasteiger partial charge in [-0.15, -0.1) is 0 Å². The molecule has 1 heterocycles. The summed E-state index contributed by atoms with van der Waals surface area (Å²) in [5.41, 5.74) is 0. The first-order valence-electron chi connectivity index (χ1n) is 8.17. The summed E-state index contributed by atoms with van der Waals surface area (Å²) in [6.07, 6.45) is 8.47. The summed E-state index contributed by atoms with van der Waals surface area (Å²) in [6.45, 7) is 11.0. The van der Waals surface area contributed by atoms with Crippen molar-refractivity contribution in [3.63, 3.8) is 0 Å². The summed E-state index contributed by atoms with van der Waals surface area (Å²) >= 11 is 0. The van der Waals surface area contributed by atoms with E-state index < -0.39 is 0 Å². The van der Waals surface area contributed by atoms with E-state index in [9.17, 15) is 0 Å². The van der Waals surface area contributed by atoms with E-state index >= 15 is 0 Å². The molecule has 2 nitrogen and oxygen atoms in total. The molecule has 0 bridgehead atoms. The summed E-state index contributed by atoms with van der Waals surface area (Å²) in [7, 11) is 0. The molecule has 0 aromatic carbocycles. The zero-order valence-corrected chi connectivity index (χ0v) is 12.6. The molecule has 0 spiro atoms. The quantitative estimate of drug-likeness (QED) is 0.748. The molecule has 2 heteroatoms. The van der Waals surface area contributed by atoms with Gasteiger partial charge in [-0.3, -0.25) is 0 Å². The van der Waals surface area contributed by atoms with E-state index in [2.05, 4.69) is 31.0 Å². The number of nitrogens with one attached hydrogen (secondary N) is 1. The van der Waals surface area contributed by atoms with E-state index in [1.54, 1.807) is 0 Å². The van der Waals surface area contributed by atoms with Gasteiger partial charge < -0.3 is 10.2 Å². The van der Waals surface area contributed by atoms with Crippen molar-refractivity contribution < 1.29 is 0 Å². The second-order valence-electron chi connectivity index (χ2n) is 6.74. The predicted octanol–water partition coefficient (Wildman–Crippen LogP) is 3.28. The molecule has 106 valence electrons. The second-order valence-corrected chi connectivity index (χ2v) is 6.74. The molecule has 1 aliphatic carbocycles. The van der Waals surface area contributed by atoms with E-state index in [1.807, 2.05) is 0 Å². The Labute approximate surface area is 114 Å². The maximum atomic E-state index is 3.86. The number of hydrogen-bond donors (Lipinski definition) is 1. The number of likely N-dealkylation sites (tertiary alicyclic amines) is 1. The summed E-state index contributed by atoms with van der Waals surface area (Å²) in [5, 5.41) is 3.86. The van der Waals surface area contributed by atoms with Crippen LogP contribution in [0.2, 0.25) is 0 Å². The summed E-state index contributed by atoms with van der Waals surface area (Å²) in [5.74, 6) is 1.91. The van der Waals surface area contributed by atoms with Crippen LogP contribution in [0.4, 0.5) is 0 Å². The zero-order valence-electron chi connectivity index (χ0n) is 12.6. The minimum atomic E-state index is 0.693. The normalized spacial score (nSPS) is 29.2. The summed E-state index contributed by atoms with van der Waals surface area (Å²) < 4.78 is 0. The van der Waals surface area contributed by atoms with Gasteiger partial charge in [0.05, 0.1) is 0 Å². The van der Waals surface area contributed by atoms with Gasteiger partial charge in [0.1, 0.15) is 0 Å². The fraction of sp³-hybridized carbons (Fsp3) is 1.00. The fourth-order valence-electron chi connectivity index (χ4n) is 3.53. The van der Waals surface area contributed by atoms with Crippen LogP contribution in [0.15, 0.2) is 0 Å². The molecule has 18 heavy (non-hydrogen) atoms. The van der Waals surface area contributed by atoms with Crippen LogP contribution >= 0.6 is 0 Å². The molecular formula is C16H32N2. The van der Waals surface area contributed by atoms with Gasteiger partial charge in [-0.25, -0.2) is 0 Å². The van der Waals surface area contributed by atoms with Gasteiger partial charge in [-0.05, 0) is 64.5 Å². The highest BCUT2D eigenvalue weighted by molar-refractivity contribution is 4.84. The predicted molar refractivity (Wildman–Crippen MR) is 78.9 cm³/mol. The van der Waals surface area contributed by atoms with Crippen LogP contribution in [-0.2, 0) is 0 Å². The Morgan fingerprint density at radius 2 is 2.00 bits per heavy atom. The third-order valence-corrected chi connectivity index (χ3v) is 4.72. The Morgan fingerprint density at radius 3 is 2.67 bits per heavy atom. The number of nitrogens with zero attached hydrogens (tertiary/aromatic N) is 1. The molecule has 3 unspecified atom stereocenters. The zero-order chi connectivity index (χ0) is 13.0. The van der Waals surface area contributed by atoms with Crippen molar-refractivity contribution in [1.29, 1.82) is 0 Å². The van der Waals surface area contributed by atoms with Crippen molar-refractivity contribution in [2.75, 3.05) is 19.6 Å². The minimum Gasteiger partial charge on any atom is -0.311 e. The van der Waals surface area contributed by atoms with Gasteiger partial charge in [0.2, 0.25) is 0 Å². The molecule has 0 radical (unpaired) electrons. The monoisotopic (exact) mass is 252 g/mol. The Hall–Kier alpha value is -0.0800. The van der Waals surface area contributed by atoms with Crippen LogP contribution < -0.4 is 5.32 Å². The maximum absolute atomic E-state index is 3.86. The Bertz CT molecular complexity index is 235. The molecule has 0 amide bonds. The van der Waals surface area contributed by atoms with Gasteiger partial charge in [0, 0.05) is 18.6 Å². The highest BCUT2D eigenvalue weighted by atomic mass is 15.1. The van der Waals surface area contributed by atoms with Crippen LogP contribution in [0.3, 0.4) is 0 Å². The molecule has 2 aliphatic rings. The van der Waals surface area contributed by atoms with E-state index in [4.69, 9.17) is 0 Å². The van der Waals surface area contributed by atoms with Crippen LogP contribution in [-0.4, -0.2) is 36.6 Å². The van der Waals surface area contributed by atoms with Gasteiger partial charge in [-0.2, -0.15) is 0 Å². The molecule has 2 rings (SSSR count). The Balaban J connectivity index is 1.71. The standard InChI is InChI=1S/C16H32N2/c1-4-9-18-10-5-6-16(12-18)14(3)17-13(2)11-15-7-8-15/h13-17H,4-12H2,1-3H3. The maximum Gasteiger partial charge on any atom is 0.00816 e. The Morgan fingerprint density at radius 1 is 1.22 bits per heavy atom. The summed E-state index contributed by atoms with van der Waals surface area (Å²) in [4.78, 5) is 2.66. The first-order chi connectivity index (χ1) is 8.69. The second kappa shape index (κ2) is 6.91. The Kier molecular flexibility index (Phi) is 5.50. The fourth-order valence-corrected chi connectivity index (χ4v) is 3.53. The lowest BCUT2D eigenvalue weighted by Crippen LogP contribution is -2.47. The lowest BCUT2D eigenvalue weighted by molar-refractivity contribution is 0.146. The smallest absolute Gasteiger partial charge is 0.00816 e. The van der Waals surface area contributed by atoms with Crippen molar-refractivity contribution in [3.8, 4) is 0 Å². The molecular weight excluding hydrogens is 220 g/mol. The van der Waals surface area contributed by atoms with Crippen molar-refractivity contribution in [1.82, 2.24) is 10.2 Å². The third kappa shape index (κ3) is 4.55. The summed E-state index contributed by atoms with van der Waals surface area (Å²) in [6, 6.07) is 1.41. The number of rotatable bonds is 7. The molecule has 1 saturated heterocycles. The van der Waals surface area contributed by atoms with Crippen molar-refractivity contribution in [2.45, 2.75) is 71.4 Å². The van der Waals surface area contributed by atoms with Gasteiger partial charge in [0.25, 0.3) is 0 Å². The molecule has 3 atom stereocenters. The first kappa shape index (κ1) is 14.3. The van der Waals surface area contributed by atoms with Crippen LogP contribution in [0.1, 0.15) is 59.3 Å². The van der Waals surface area contributed by atoms with Gasteiger partial charge in [0.15, 0.2) is 0 Å². The lowest BCUT2D eigenvalue weighted by Gasteiger charge is -2.37. The lowest BCUT2D eigenvalue weighted by atomic mass is 9.91.